The van der Waals surface area contributed by atoms with Crippen LogP contribution in [0.15, 0.2) is 42.5 Å². The Morgan fingerprint density at radius 2 is 1.78 bits per heavy atom. The van der Waals surface area contributed by atoms with E-state index in [1.807, 2.05) is 30.4 Å². The van der Waals surface area contributed by atoms with Gasteiger partial charge in [0.15, 0.2) is 0 Å². The van der Waals surface area contributed by atoms with Crippen molar-refractivity contribution in [3.63, 3.8) is 0 Å². The van der Waals surface area contributed by atoms with Crippen LogP contribution in [-0.2, 0) is 14.4 Å². The average Bonchev–Trinajstić information content (AvgIpc) is 3.11. The van der Waals surface area contributed by atoms with Gasteiger partial charge < -0.3 is 4.90 Å². The molecular formula is C18H18N2O3. The first-order valence-electron chi connectivity index (χ1n) is 8.07. The number of amides is 3. The molecule has 23 heavy (non-hydrogen) atoms. The van der Waals surface area contributed by atoms with Crippen molar-refractivity contribution in [3.05, 3.63) is 42.5 Å². The van der Waals surface area contributed by atoms with E-state index in [2.05, 4.69) is 0 Å². The van der Waals surface area contributed by atoms with Crippen molar-refractivity contribution in [2.45, 2.75) is 25.3 Å². The van der Waals surface area contributed by atoms with Crippen molar-refractivity contribution in [2.75, 3.05) is 11.4 Å². The van der Waals surface area contributed by atoms with Gasteiger partial charge in [-0.15, -0.1) is 0 Å². The Bertz CT molecular complexity index is 697. The van der Waals surface area contributed by atoms with Crippen LogP contribution in [0.25, 0.3) is 0 Å². The van der Waals surface area contributed by atoms with Gasteiger partial charge in [-0.1, -0.05) is 30.4 Å². The van der Waals surface area contributed by atoms with Crippen molar-refractivity contribution in [3.8, 4) is 0 Å². The summed E-state index contributed by atoms with van der Waals surface area (Å²) in [6.07, 6.45) is 5.80. The van der Waals surface area contributed by atoms with Gasteiger partial charge in [0.05, 0.1) is 23.6 Å². The molecule has 4 rings (SSSR count). The molecule has 1 aliphatic carbocycles. The number of hydrogen-bond acceptors (Lipinski definition) is 3. The second-order valence-corrected chi connectivity index (χ2v) is 6.32. The number of benzene rings is 1. The van der Waals surface area contributed by atoms with Gasteiger partial charge in [0, 0.05) is 13.0 Å². The van der Waals surface area contributed by atoms with Crippen molar-refractivity contribution < 1.29 is 14.4 Å². The molecule has 3 unspecified atom stereocenters. The molecule has 5 nitrogen and oxygen atoms in total. The Labute approximate surface area is 134 Å². The van der Waals surface area contributed by atoms with E-state index in [1.54, 1.807) is 17.0 Å². The molecule has 3 atom stereocenters. The fourth-order valence-corrected chi connectivity index (χ4v) is 3.98. The third kappa shape index (κ3) is 2.11. The van der Waals surface area contributed by atoms with Gasteiger partial charge in [0.2, 0.25) is 17.7 Å². The van der Waals surface area contributed by atoms with Gasteiger partial charge in [-0.05, 0) is 25.0 Å². The van der Waals surface area contributed by atoms with E-state index in [-0.39, 0.29) is 29.7 Å². The lowest BCUT2D eigenvalue weighted by molar-refractivity contribution is -0.132. The highest BCUT2D eigenvalue weighted by Crippen LogP contribution is 2.40. The highest BCUT2D eigenvalue weighted by atomic mass is 16.2. The topological polar surface area (TPSA) is 57.7 Å². The minimum absolute atomic E-state index is 0.0821. The van der Waals surface area contributed by atoms with Gasteiger partial charge in [-0.3, -0.25) is 14.4 Å². The maximum atomic E-state index is 13.0. The predicted octanol–water partition coefficient (Wildman–Crippen LogP) is 1.74. The monoisotopic (exact) mass is 310 g/mol. The van der Waals surface area contributed by atoms with Crippen molar-refractivity contribution in [1.29, 1.82) is 0 Å². The van der Waals surface area contributed by atoms with Gasteiger partial charge in [-0.2, -0.15) is 0 Å². The molecule has 3 amide bonds. The Hall–Kier alpha value is -2.43. The minimum Gasteiger partial charge on any atom is -0.335 e. The molecule has 0 aromatic heterocycles. The summed E-state index contributed by atoms with van der Waals surface area (Å²) in [7, 11) is 0. The van der Waals surface area contributed by atoms with E-state index in [1.165, 1.54) is 4.90 Å². The van der Waals surface area contributed by atoms with Crippen LogP contribution in [-0.4, -0.2) is 35.2 Å². The number of carbonyl (C=O) groups excluding carboxylic acids is 3. The summed E-state index contributed by atoms with van der Waals surface area (Å²) in [5.41, 5.74) is 0.614. The highest BCUT2D eigenvalue weighted by molar-refractivity contribution is 6.22. The van der Waals surface area contributed by atoms with E-state index in [0.717, 1.165) is 6.42 Å². The smallest absolute Gasteiger partial charge is 0.240 e. The van der Waals surface area contributed by atoms with Gasteiger partial charge in [-0.25, -0.2) is 4.90 Å². The molecule has 2 fully saturated rings. The Kier molecular flexibility index (Phi) is 3.29. The lowest BCUT2D eigenvalue weighted by Gasteiger charge is -2.33. The van der Waals surface area contributed by atoms with Gasteiger partial charge >= 0.3 is 0 Å². The fourth-order valence-electron chi connectivity index (χ4n) is 3.98. The summed E-state index contributed by atoms with van der Waals surface area (Å²) >= 11 is 0. The first-order chi connectivity index (χ1) is 11.2. The molecular weight excluding hydrogens is 292 g/mol. The number of hydrogen-bond donors (Lipinski definition) is 0. The number of para-hydroxylation sites is 1. The summed E-state index contributed by atoms with van der Waals surface area (Å²) in [4.78, 5) is 40.9. The molecule has 0 spiro atoms. The molecule has 2 heterocycles. The van der Waals surface area contributed by atoms with Crippen LogP contribution in [0.1, 0.15) is 19.3 Å². The molecule has 2 aliphatic heterocycles. The second-order valence-electron chi connectivity index (χ2n) is 6.32. The van der Waals surface area contributed by atoms with Crippen molar-refractivity contribution in [2.24, 2.45) is 11.8 Å². The van der Waals surface area contributed by atoms with Crippen LogP contribution in [0.2, 0.25) is 0 Å². The Balaban J connectivity index is 1.70. The van der Waals surface area contributed by atoms with E-state index in [4.69, 9.17) is 0 Å². The molecule has 0 saturated carbocycles. The summed E-state index contributed by atoms with van der Waals surface area (Å²) in [5.74, 6) is -1.05. The third-order valence-corrected chi connectivity index (χ3v) is 5.05. The molecule has 118 valence electrons. The van der Waals surface area contributed by atoms with Crippen LogP contribution < -0.4 is 4.90 Å². The Morgan fingerprint density at radius 3 is 2.48 bits per heavy atom. The first kappa shape index (κ1) is 14.2. The third-order valence-electron chi connectivity index (χ3n) is 5.05. The molecule has 0 bridgehead atoms. The first-order valence-corrected chi connectivity index (χ1v) is 8.07. The number of carbonyl (C=O) groups is 3. The van der Waals surface area contributed by atoms with Gasteiger partial charge in [0.1, 0.15) is 0 Å². The van der Waals surface area contributed by atoms with E-state index in [0.29, 0.717) is 25.1 Å². The fraction of sp³-hybridized carbons (Fsp3) is 0.389. The molecule has 1 aromatic rings. The standard InChI is InChI=1S/C18H18N2O3/c21-15-10-5-11-19(15)14-9-4-8-13-16(14)18(23)20(17(13)22)12-6-2-1-3-7-12/h1-4,6-7,9,13-14,16H,5,8,10-11H2. The molecule has 3 aliphatic rings. The number of fused-ring (bicyclic) bond motifs is 1. The molecule has 0 radical (unpaired) electrons. The predicted molar refractivity (Wildman–Crippen MR) is 84.4 cm³/mol. The van der Waals surface area contributed by atoms with Crippen LogP contribution in [0, 0.1) is 11.8 Å². The summed E-state index contributed by atoms with van der Waals surface area (Å²) in [6, 6.07) is 8.76. The summed E-state index contributed by atoms with van der Waals surface area (Å²) in [6.45, 7) is 0.671. The molecule has 0 N–H and O–H groups in total. The molecule has 5 heteroatoms. The molecule has 1 aromatic carbocycles. The zero-order chi connectivity index (χ0) is 16.0. The molecule has 2 saturated heterocycles. The number of allylic oxidation sites excluding steroid dienone is 1. The van der Waals surface area contributed by atoms with Gasteiger partial charge in [0.25, 0.3) is 0 Å². The zero-order valence-electron chi connectivity index (χ0n) is 12.7. The van der Waals surface area contributed by atoms with Crippen LogP contribution >= 0.6 is 0 Å². The summed E-state index contributed by atoms with van der Waals surface area (Å²) in [5, 5.41) is 0. The number of anilines is 1. The van der Waals surface area contributed by atoms with Crippen LogP contribution in [0.3, 0.4) is 0 Å². The van der Waals surface area contributed by atoms with E-state index >= 15 is 0 Å². The lowest BCUT2D eigenvalue weighted by atomic mass is 9.81. The Morgan fingerprint density at radius 1 is 1.00 bits per heavy atom. The van der Waals surface area contributed by atoms with Crippen molar-refractivity contribution >= 4 is 23.4 Å². The SMILES string of the molecule is O=C1C2CC=CC(N3CCCC3=O)C2C(=O)N1c1ccccc1. The lowest BCUT2D eigenvalue weighted by Crippen LogP contribution is -2.46. The summed E-state index contributed by atoms with van der Waals surface area (Å²) < 4.78 is 0. The largest absolute Gasteiger partial charge is 0.335 e. The van der Waals surface area contributed by atoms with Crippen LogP contribution in [0.4, 0.5) is 5.69 Å². The maximum absolute atomic E-state index is 13.0. The number of nitrogens with zero attached hydrogens (tertiary/aromatic N) is 2. The number of likely N-dealkylation sites (tertiary alicyclic amines) is 1. The maximum Gasteiger partial charge on any atom is 0.240 e. The van der Waals surface area contributed by atoms with Crippen molar-refractivity contribution in [1.82, 2.24) is 4.90 Å². The average molecular weight is 310 g/mol. The normalized spacial score (nSPS) is 30.3. The number of imide groups is 1. The quantitative estimate of drug-likeness (QED) is 0.617. The van der Waals surface area contributed by atoms with E-state index in [9.17, 15) is 14.4 Å². The van der Waals surface area contributed by atoms with Crippen LogP contribution in [0.5, 0.6) is 0 Å². The second kappa shape index (κ2) is 5.33. The van der Waals surface area contributed by atoms with E-state index < -0.39 is 5.92 Å². The number of rotatable bonds is 2. The highest BCUT2D eigenvalue weighted by Gasteiger charge is 2.53. The minimum atomic E-state index is -0.449. The zero-order valence-corrected chi connectivity index (χ0v) is 12.7.